The predicted molar refractivity (Wildman–Crippen MR) is 110 cm³/mol. The zero-order valence-corrected chi connectivity index (χ0v) is 16.8. The lowest BCUT2D eigenvalue weighted by atomic mass is 10.1. The van der Waals surface area contributed by atoms with E-state index >= 15 is 0 Å². The van der Waals surface area contributed by atoms with E-state index in [0.29, 0.717) is 23.2 Å². The first-order chi connectivity index (χ1) is 14.1. The quantitative estimate of drug-likeness (QED) is 0.582. The molecule has 1 aliphatic heterocycles. The van der Waals surface area contributed by atoms with E-state index in [9.17, 15) is 14.4 Å². The predicted octanol–water partition coefficient (Wildman–Crippen LogP) is 3.70. The fraction of sp³-hybridized carbons (Fsp3) is 0.150. The number of amides is 3. The van der Waals surface area contributed by atoms with Crippen LogP contribution in [0.5, 0.6) is 0 Å². The Morgan fingerprint density at radius 3 is 2.41 bits per heavy atom. The molecule has 0 radical (unpaired) electrons. The number of hydrogen-bond acceptors (Lipinski definition) is 7. The number of anilines is 1. The topological polar surface area (TPSA) is 92.3 Å². The van der Waals surface area contributed by atoms with Crippen LogP contribution in [0, 0.1) is 0 Å². The first-order valence-corrected chi connectivity index (χ1v) is 10.6. The molecule has 0 bridgehead atoms. The van der Waals surface area contributed by atoms with Crippen molar-refractivity contribution in [3.63, 3.8) is 0 Å². The second-order valence-corrected chi connectivity index (χ2v) is 8.38. The average molecular weight is 425 g/mol. The van der Waals surface area contributed by atoms with Crippen LogP contribution in [0.1, 0.15) is 33.6 Å². The molecule has 0 saturated heterocycles. The van der Waals surface area contributed by atoms with Crippen molar-refractivity contribution in [1.29, 1.82) is 0 Å². The third-order valence-electron chi connectivity index (χ3n) is 4.36. The van der Waals surface area contributed by atoms with Gasteiger partial charge in [0.05, 0.1) is 16.8 Å². The molecule has 1 aliphatic rings. The number of hydrogen-bond donors (Lipinski definition) is 1. The van der Waals surface area contributed by atoms with E-state index in [0.717, 1.165) is 9.24 Å². The molecule has 29 heavy (non-hydrogen) atoms. The molecule has 3 aromatic rings. The number of carbonyl (C=O) groups excluding carboxylic acids is 3. The van der Waals surface area contributed by atoms with Crippen molar-refractivity contribution >= 4 is 46.5 Å². The second-order valence-electron chi connectivity index (χ2n) is 6.26. The van der Waals surface area contributed by atoms with Gasteiger partial charge >= 0.3 is 0 Å². The summed E-state index contributed by atoms with van der Waals surface area (Å²) in [4.78, 5) is 39.2. The normalized spacial score (nSPS) is 12.9. The van der Waals surface area contributed by atoms with Gasteiger partial charge in [0.25, 0.3) is 11.8 Å². The highest BCUT2D eigenvalue weighted by atomic mass is 32.2. The molecule has 0 fully saturated rings. The lowest BCUT2D eigenvalue weighted by molar-refractivity contribution is -0.116. The van der Waals surface area contributed by atoms with E-state index in [1.807, 2.05) is 24.3 Å². The summed E-state index contributed by atoms with van der Waals surface area (Å²) in [6.45, 7) is 0.209. The van der Waals surface area contributed by atoms with Gasteiger partial charge in [0, 0.05) is 17.9 Å². The van der Waals surface area contributed by atoms with Crippen molar-refractivity contribution in [2.24, 2.45) is 0 Å². The molecular weight excluding hydrogens is 408 g/mol. The van der Waals surface area contributed by atoms with Gasteiger partial charge in [-0.25, -0.2) is 0 Å². The molecule has 0 aliphatic carbocycles. The van der Waals surface area contributed by atoms with Gasteiger partial charge in [0.2, 0.25) is 5.91 Å². The lowest BCUT2D eigenvalue weighted by Gasteiger charge is -2.14. The molecule has 2 aromatic carbocycles. The zero-order chi connectivity index (χ0) is 20.2. The molecule has 1 aromatic heterocycles. The molecule has 0 atom stereocenters. The maximum Gasteiger partial charge on any atom is 0.261 e. The van der Waals surface area contributed by atoms with E-state index in [2.05, 4.69) is 15.5 Å². The van der Waals surface area contributed by atoms with Crippen LogP contribution < -0.4 is 5.32 Å². The smallest absolute Gasteiger partial charge is 0.261 e. The van der Waals surface area contributed by atoms with Gasteiger partial charge in [0.15, 0.2) is 4.34 Å². The molecule has 0 unspecified atom stereocenters. The van der Waals surface area contributed by atoms with Gasteiger partial charge in [-0.2, -0.15) is 0 Å². The number of fused-ring (bicyclic) bond motifs is 1. The summed E-state index contributed by atoms with van der Waals surface area (Å²) in [5.41, 5.74) is 3.19. The standard InChI is InChI=1S/C20H16N4O3S2/c25-17(22-15-8-3-4-9-16(15)29-20-23-21-12-28-20)10-5-11-24-18(26)13-6-1-2-7-14(13)19(24)27/h1-4,6-9,12H,5,10-11H2,(H,22,25). The third kappa shape index (κ3) is 4.20. The van der Waals surface area contributed by atoms with E-state index in [4.69, 9.17) is 0 Å². The van der Waals surface area contributed by atoms with Crippen molar-refractivity contribution in [3.05, 3.63) is 65.2 Å². The highest BCUT2D eigenvalue weighted by molar-refractivity contribution is 8.01. The van der Waals surface area contributed by atoms with Crippen LogP contribution in [-0.4, -0.2) is 39.4 Å². The monoisotopic (exact) mass is 424 g/mol. The molecule has 9 heteroatoms. The van der Waals surface area contributed by atoms with Gasteiger partial charge in [-0.1, -0.05) is 47.4 Å². The SMILES string of the molecule is O=C(CCCN1C(=O)c2ccccc2C1=O)Nc1ccccc1Sc1nncs1. The third-order valence-corrected chi connectivity index (χ3v) is 6.22. The highest BCUT2D eigenvalue weighted by Crippen LogP contribution is 2.34. The fourth-order valence-corrected chi connectivity index (χ4v) is 4.53. The van der Waals surface area contributed by atoms with E-state index in [1.54, 1.807) is 29.8 Å². The van der Waals surface area contributed by atoms with Crippen molar-refractivity contribution in [2.75, 3.05) is 11.9 Å². The molecule has 3 amide bonds. The Labute approximate surface area is 175 Å². The molecule has 0 saturated carbocycles. The van der Waals surface area contributed by atoms with Crippen molar-refractivity contribution < 1.29 is 14.4 Å². The van der Waals surface area contributed by atoms with Crippen molar-refractivity contribution in [3.8, 4) is 0 Å². The molecule has 7 nitrogen and oxygen atoms in total. The summed E-state index contributed by atoms with van der Waals surface area (Å²) < 4.78 is 0.789. The number of imide groups is 1. The number of benzene rings is 2. The number of aromatic nitrogens is 2. The van der Waals surface area contributed by atoms with Crippen LogP contribution in [0.4, 0.5) is 5.69 Å². The van der Waals surface area contributed by atoms with Crippen LogP contribution in [0.2, 0.25) is 0 Å². The van der Waals surface area contributed by atoms with Crippen LogP contribution in [0.25, 0.3) is 0 Å². The van der Waals surface area contributed by atoms with Crippen LogP contribution in [-0.2, 0) is 4.79 Å². The zero-order valence-electron chi connectivity index (χ0n) is 15.2. The summed E-state index contributed by atoms with van der Waals surface area (Å²) in [5.74, 6) is -0.776. The largest absolute Gasteiger partial charge is 0.325 e. The van der Waals surface area contributed by atoms with E-state index in [-0.39, 0.29) is 30.7 Å². The van der Waals surface area contributed by atoms with Crippen molar-refractivity contribution in [2.45, 2.75) is 22.1 Å². The van der Waals surface area contributed by atoms with Crippen LogP contribution in [0.3, 0.4) is 0 Å². The van der Waals surface area contributed by atoms with Gasteiger partial charge in [-0.3, -0.25) is 19.3 Å². The van der Waals surface area contributed by atoms with Gasteiger partial charge in [0.1, 0.15) is 5.51 Å². The minimum Gasteiger partial charge on any atom is -0.325 e. The Kier molecular flexibility index (Phi) is 5.68. The first kappa shape index (κ1) is 19.3. The number of para-hydroxylation sites is 1. The number of nitrogens with zero attached hydrogens (tertiary/aromatic N) is 3. The molecule has 146 valence electrons. The summed E-state index contributed by atoms with van der Waals surface area (Å²) in [5, 5.41) is 10.7. The number of rotatable bonds is 7. The summed E-state index contributed by atoms with van der Waals surface area (Å²) in [6.07, 6.45) is 0.591. The molecule has 2 heterocycles. The van der Waals surface area contributed by atoms with Gasteiger partial charge in [-0.15, -0.1) is 10.2 Å². The van der Waals surface area contributed by atoms with Crippen molar-refractivity contribution in [1.82, 2.24) is 15.1 Å². The van der Waals surface area contributed by atoms with Gasteiger partial charge in [-0.05, 0) is 30.7 Å². The fourth-order valence-electron chi connectivity index (χ4n) is 3.01. The Hall–Kier alpha value is -3.04. The second kappa shape index (κ2) is 8.54. The first-order valence-electron chi connectivity index (χ1n) is 8.91. The highest BCUT2D eigenvalue weighted by Gasteiger charge is 2.34. The molecular formula is C20H16N4O3S2. The summed E-state index contributed by atoms with van der Waals surface area (Å²) in [6, 6.07) is 14.2. The summed E-state index contributed by atoms with van der Waals surface area (Å²) >= 11 is 2.86. The van der Waals surface area contributed by atoms with Crippen LogP contribution in [0.15, 0.2) is 63.3 Å². The molecule has 0 spiro atoms. The number of carbonyl (C=O) groups is 3. The lowest BCUT2D eigenvalue weighted by Crippen LogP contribution is -2.31. The molecule has 1 N–H and O–H groups in total. The minimum atomic E-state index is -0.301. The maximum absolute atomic E-state index is 12.4. The Morgan fingerprint density at radius 2 is 1.72 bits per heavy atom. The summed E-state index contributed by atoms with van der Waals surface area (Å²) in [7, 11) is 0. The van der Waals surface area contributed by atoms with Crippen LogP contribution >= 0.6 is 23.1 Å². The Morgan fingerprint density at radius 1 is 1.03 bits per heavy atom. The van der Waals surface area contributed by atoms with Gasteiger partial charge < -0.3 is 5.32 Å². The van der Waals surface area contributed by atoms with E-state index in [1.165, 1.54) is 28.0 Å². The Balaban J connectivity index is 1.33. The minimum absolute atomic E-state index is 0.174. The van der Waals surface area contributed by atoms with E-state index < -0.39 is 0 Å². The Bertz CT molecular complexity index is 1030. The number of nitrogens with one attached hydrogen (secondary N) is 1. The molecule has 4 rings (SSSR count). The average Bonchev–Trinajstić information content (AvgIpc) is 3.32. The maximum atomic E-state index is 12.4.